The van der Waals surface area contributed by atoms with E-state index < -0.39 is 5.97 Å². The lowest BCUT2D eigenvalue weighted by Crippen LogP contribution is -2.34. The minimum Gasteiger partial charge on any atom is -0.478 e. The molecule has 0 aliphatic heterocycles. The maximum absolute atomic E-state index is 11.0. The second-order valence-corrected chi connectivity index (χ2v) is 8.92. The average Bonchev–Trinajstić information content (AvgIpc) is 2.58. The number of fused-ring (bicyclic) bond motifs is 1. The second-order valence-electron chi connectivity index (χ2n) is 8.54. The van der Waals surface area contributed by atoms with Crippen molar-refractivity contribution in [2.45, 2.75) is 64.3 Å². The first-order chi connectivity index (χ1) is 12.1. The minimum absolute atomic E-state index is 0.0644. The fraction of sp³-hybridized carbons (Fsp3) is 0.455. The summed E-state index contributed by atoms with van der Waals surface area (Å²) < 4.78 is 0. The zero-order chi connectivity index (χ0) is 19.1. The third kappa shape index (κ3) is 3.50. The number of nitrogens with zero attached hydrogens (tertiary/aromatic N) is 1. The highest BCUT2D eigenvalue weighted by Crippen LogP contribution is 2.49. The first-order valence-electron chi connectivity index (χ1n) is 9.09. The van der Waals surface area contributed by atoms with E-state index in [1.807, 2.05) is 0 Å². The van der Waals surface area contributed by atoms with Crippen molar-refractivity contribution in [2.24, 2.45) is 4.99 Å². The molecular weight excluding hydrogens is 346 g/mol. The Morgan fingerprint density at radius 3 is 2.46 bits per heavy atom. The molecule has 0 atom stereocenters. The quantitative estimate of drug-likeness (QED) is 0.751. The summed E-state index contributed by atoms with van der Waals surface area (Å²) in [6.45, 7) is 9.63. The number of benzene rings is 1. The number of hydrogen-bond donors (Lipinski definition) is 1. The highest BCUT2D eigenvalue weighted by atomic mass is 35.5. The fourth-order valence-electron chi connectivity index (χ4n) is 3.85. The number of carboxylic acid groups (broad SMARTS) is 1. The number of carbonyl (C=O) groups is 1. The Morgan fingerprint density at radius 1 is 1.15 bits per heavy atom. The molecule has 4 heteroatoms. The Hall–Kier alpha value is -1.87. The molecule has 1 N–H and O–H groups in total. The number of halogens is 1. The molecule has 0 saturated carbocycles. The van der Waals surface area contributed by atoms with Crippen LogP contribution in [0.4, 0.5) is 0 Å². The van der Waals surface area contributed by atoms with E-state index in [0.717, 1.165) is 29.1 Å². The summed E-state index contributed by atoms with van der Waals surface area (Å²) >= 11 is 6.84. The number of rotatable bonds is 3. The van der Waals surface area contributed by atoms with Gasteiger partial charge >= 0.3 is 5.97 Å². The summed E-state index contributed by atoms with van der Waals surface area (Å²) in [4.78, 5) is 15.6. The van der Waals surface area contributed by atoms with E-state index in [4.69, 9.17) is 16.7 Å². The standard InChI is InChI=1S/C22H26ClNO2/c1-21(2)11-12-22(3,4)18-17(21)10-7-15(19(18)23)13-24-16-8-5-14(6-9-16)20(25)26/h5-8,10H,9,11-13H2,1-4H3,(H,25,26). The monoisotopic (exact) mass is 371 g/mol. The van der Waals surface area contributed by atoms with Crippen LogP contribution in [0, 0.1) is 0 Å². The van der Waals surface area contributed by atoms with Crippen molar-refractivity contribution >= 4 is 23.3 Å². The predicted octanol–water partition coefficient (Wildman–Crippen LogP) is 5.60. The molecule has 0 saturated heterocycles. The van der Waals surface area contributed by atoms with Gasteiger partial charge in [0.05, 0.1) is 12.1 Å². The van der Waals surface area contributed by atoms with Gasteiger partial charge in [0.25, 0.3) is 0 Å². The van der Waals surface area contributed by atoms with Gasteiger partial charge in [-0.05, 0) is 52.5 Å². The molecule has 0 radical (unpaired) electrons. The van der Waals surface area contributed by atoms with Crippen molar-refractivity contribution in [3.05, 3.63) is 57.6 Å². The lowest BCUT2D eigenvalue weighted by atomic mass is 9.63. The molecule has 3 nitrogen and oxygen atoms in total. The summed E-state index contributed by atoms with van der Waals surface area (Å²) in [6.07, 6.45) is 7.90. The van der Waals surface area contributed by atoms with Crippen LogP contribution in [0.25, 0.3) is 0 Å². The summed E-state index contributed by atoms with van der Waals surface area (Å²) in [7, 11) is 0. The zero-order valence-corrected chi connectivity index (χ0v) is 16.7. The van der Waals surface area contributed by atoms with Crippen LogP contribution in [0.1, 0.15) is 63.6 Å². The van der Waals surface area contributed by atoms with E-state index in [0.29, 0.717) is 18.5 Å². The van der Waals surface area contributed by atoms with E-state index in [1.54, 1.807) is 18.2 Å². The molecule has 2 aliphatic rings. The van der Waals surface area contributed by atoms with Crippen molar-refractivity contribution in [1.29, 1.82) is 0 Å². The molecule has 1 aromatic carbocycles. The maximum Gasteiger partial charge on any atom is 0.335 e. The molecule has 0 fully saturated rings. The second kappa shape index (κ2) is 6.70. The van der Waals surface area contributed by atoms with Crippen LogP contribution in [0.2, 0.25) is 5.02 Å². The van der Waals surface area contributed by atoms with Crippen molar-refractivity contribution in [2.75, 3.05) is 0 Å². The molecule has 0 spiro atoms. The van der Waals surface area contributed by atoms with Crippen molar-refractivity contribution in [3.63, 3.8) is 0 Å². The molecular formula is C22H26ClNO2. The van der Waals surface area contributed by atoms with Crippen LogP contribution < -0.4 is 0 Å². The Morgan fingerprint density at radius 2 is 1.85 bits per heavy atom. The lowest BCUT2D eigenvalue weighted by Gasteiger charge is -2.42. The summed E-state index contributed by atoms with van der Waals surface area (Å²) in [5.74, 6) is -0.900. The van der Waals surface area contributed by atoms with Crippen molar-refractivity contribution < 1.29 is 9.90 Å². The van der Waals surface area contributed by atoms with Gasteiger partial charge in [-0.15, -0.1) is 0 Å². The maximum atomic E-state index is 11.0. The van der Waals surface area contributed by atoms with Crippen molar-refractivity contribution in [3.8, 4) is 0 Å². The Bertz CT molecular complexity index is 844. The Kier molecular flexibility index (Phi) is 4.87. The third-order valence-electron chi connectivity index (χ3n) is 5.69. The van der Waals surface area contributed by atoms with Gasteiger partial charge in [-0.3, -0.25) is 4.99 Å². The topological polar surface area (TPSA) is 49.7 Å². The van der Waals surface area contributed by atoms with Crippen LogP contribution in [0.15, 0.2) is 40.9 Å². The van der Waals surface area contributed by atoms with Crippen LogP contribution in [-0.2, 0) is 22.2 Å². The molecule has 1 aromatic rings. The van der Waals surface area contributed by atoms with E-state index in [-0.39, 0.29) is 10.8 Å². The van der Waals surface area contributed by atoms with Crippen LogP contribution in [0.3, 0.4) is 0 Å². The van der Waals surface area contributed by atoms with Crippen LogP contribution in [-0.4, -0.2) is 16.8 Å². The fourth-order valence-corrected chi connectivity index (χ4v) is 4.33. The largest absolute Gasteiger partial charge is 0.478 e. The van der Waals surface area contributed by atoms with Gasteiger partial charge in [0.1, 0.15) is 0 Å². The molecule has 3 rings (SSSR count). The first-order valence-corrected chi connectivity index (χ1v) is 9.47. The highest BCUT2D eigenvalue weighted by molar-refractivity contribution is 6.32. The van der Waals surface area contributed by atoms with Gasteiger partial charge in [0.15, 0.2) is 0 Å². The Balaban J connectivity index is 1.89. The number of hydrogen-bond acceptors (Lipinski definition) is 2. The lowest BCUT2D eigenvalue weighted by molar-refractivity contribution is -0.132. The summed E-state index contributed by atoms with van der Waals surface area (Å²) in [6, 6.07) is 4.32. The highest BCUT2D eigenvalue weighted by Gasteiger charge is 2.38. The molecule has 0 unspecified atom stereocenters. The molecule has 0 aromatic heterocycles. The number of aliphatic imine (C=N–C) groups is 1. The molecule has 2 aliphatic carbocycles. The van der Waals surface area contributed by atoms with E-state index in [1.165, 1.54) is 11.1 Å². The number of carboxylic acids is 1. The molecule has 0 bridgehead atoms. The average molecular weight is 372 g/mol. The predicted molar refractivity (Wildman–Crippen MR) is 107 cm³/mol. The van der Waals surface area contributed by atoms with Gasteiger partial charge < -0.3 is 5.11 Å². The summed E-state index contributed by atoms with van der Waals surface area (Å²) in [5.41, 5.74) is 5.05. The van der Waals surface area contributed by atoms with Gasteiger partial charge in [-0.2, -0.15) is 0 Å². The van der Waals surface area contributed by atoms with Gasteiger partial charge in [0.2, 0.25) is 0 Å². The van der Waals surface area contributed by atoms with E-state index in [9.17, 15) is 4.79 Å². The number of allylic oxidation sites excluding steroid dienone is 2. The van der Waals surface area contributed by atoms with E-state index >= 15 is 0 Å². The van der Waals surface area contributed by atoms with Crippen LogP contribution in [0.5, 0.6) is 0 Å². The molecule has 0 heterocycles. The van der Waals surface area contributed by atoms with Gasteiger partial charge in [0, 0.05) is 17.2 Å². The first kappa shape index (κ1) is 18.9. The molecule has 0 amide bonds. The molecule has 26 heavy (non-hydrogen) atoms. The van der Waals surface area contributed by atoms with E-state index in [2.05, 4.69) is 44.8 Å². The van der Waals surface area contributed by atoms with Gasteiger partial charge in [-0.25, -0.2) is 4.79 Å². The number of aliphatic carboxylic acids is 1. The minimum atomic E-state index is -0.900. The normalized spacial score (nSPS) is 22.0. The smallest absolute Gasteiger partial charge is 0.335 e. The zero-order valence-electron chi connectivity index (χ0n) is 15.9. The van der Waals surface area contributed by atoms with Gasteiger partial charge in [-0.1, -0.05) is 57.5 Å². The SMILES string of the molecule is CC1(C)CCC(C)(C)c2c1ccc(CN=C1C=CC(C(=O)O)=CC1)c2Cl. The van der Waals surface area contributed by atoms with Crippen LogP contribution >= 0.6 is 11.6 Å². The molecule has 138 valence electrons. The Labute approximate surface area is 160 Å². The third-order valence-corrected chi connectivity index (χ3v) is 6.12. The summed E-state index contributed by atoms with van der Waals surface area (Å²) in [5, 5.41) is 9.83. The van der Waals surface area contributed by atoms with Crippen molar-refractivity contribution in [1.82, 2.24) is 0 Å².